The lowest BCUT2D eigenvalue weighted by Crippen LogP contribution is -2.32. The summed E-state index contributed by atoms with van der Waals surface area (Å²) >= 11 is 0. The van der Waals surface area contributed by atoms with E-state index < -0.39 is 11.7 Å². The second-order valence-corrected chi connectivity index (χ2v) is 13.9. The molecule has 1 aliphatic carbocycles. The van der Waals surface area contributed by atoms with Crippen LogP contribution in [0.5, 0.6) is 0 Å². The number of nitrogens with zero attached hydrogens (tertiary/aromatic N) is 7. The normalized spacial score (nSPS) is 12.3. The van der Waals surface area contributed by atoms with E-state index in [2.05, 4.69) is 35.7 Å². The first-order valence-corrected chi connectivity index (χ1v) is 17.4. The van der Waals surface area contributed by atoms with Gasteiger partial charge in [-0.2, -0.15) is 13.2 Å². The van der Waals surface area contributed by atoms with E-state index in [0.717, 1.165) is 35.4 Å². The highest BCUT2D eigenvalue weighted by atomic mass is 19.4. The van der Waals surface area contributed by atoms with Crippen molar-refractivity contribution in [3.63, 3.8) is 0 Å². The van der Waals surface area contributed by atoms with Crippen LogP contribution in [0, 0.1) is 0 Å². The summed E-state index contributed by atoms with van der Waals surface area (Å²) in [6.07, 6.45) is -0.261. The number of hydrogen-bond acceptors (Lipinski definition) is 10. The van der Waals surface area contributed by atoms with Crippen molar-refractivity contribution < 1.29 is 22.8 Å². The SMILES string of the molecule is CC(=O)Nc1cc(Nc2ncc(C(F)(F)F)c(-c3cn(C)c4c3C(CN(C)CCN(C)c3ccc(N)cc3NC(C)=O)=C4)n2)ccc1N(C)CCN(C)C. The molecule has 2 aromatic carbocycles. The summed E-state index contributed by atoms with van der Waals surface area (Å²) in [6, 6.07) is 10.6. The Labute approximate surface area is 313 Å². The van der Waals surface area contributed by atoms with Gasteiger partial charge in [-0.1, -0.05) is 0 Å². The third-order valence-electron chi connectivity index (χ3n) is 9.07. The van der Waals surface area contributed by atoms with Gasteiger partial charge < -0.3 is 45.9 Å². The molecule has 5 rings (SSSR count). The smallest absolute Gasteiger partial charge is 0.399 e. The molecule has 2 amide bonds. The van der Waals surface area contributed by atoms with Crippen molar-refractivity contribution in [2.75, 3.05) is 99.4 Å². The van der Waals surface area contributed by atoms with Crippen LogP contribution in [0.15, 0.2) is 48.8 Å². The zero-order valence-electron chi connectivity index (χ0n) is 31.9. The Kier molecular flexibility index (Phi) is 11.9. The van der Waals surface area contributed by atoms with Crippen LogP contribution in [0.1, 0.15) is 30.7 Å². The monoisotopic (exact) mass is 747 g/mol. The van der Waals surface area contributed by atoms with Crippen molar-refractivity contribution in [1.82, 2.24) is 24.3 Å². The number of fused-ring (bicyclic) bond motifs is 1. The van der Waals surface area contributed by atoms with Gasteiger partial charge in [0.1, 0.15) is 5.56 Å². The molecule has 0 radical (unpaired) electrons. The molecule has 0 unspecified atom stereocenters. The second-order valence-electron chi connectivity index (χ2n) is 13.9. The fourth-order valence-corrected chi connectivity index (χ4v) is 6.30. The number of hydrogen-bond donors (Lipinski definition) is 4. The summed E-state index contributed by atoms with van der Waals surface area (Å²) in [5.41, 5.74) is 11.3. The van der Waals surface area contributed by atoms with Crippen LogP contribution in [0.3, 0.4) is 0 Å². The lowest BCUT2D eigenvalue weighted by molar-refractivity contribution is -0.137. The molecule has 54 heavy (non-hydrogen) atoms. The van der Waals surface area contributed by atoms with Crippen LogP contribution in [0.2, 0.25) is 0 Å². The molecule has 5 N–H and O–H groups in total. The topological polar surface area (TPSA) is 140 Å². The van der Waals surface area contributed by atoms with Gasteiger partial charge in [-0.15, -0.1) is 0 Å². The number of amides is 2. The van der Waals surface area contributed by atoms with Crippen molar-refractivity contribution in [3.05, 3.63) is 65.6 Å². The largest absolute Gasteiger partial charge is 0.419 e. The summed E-state index contributed by atoms with van der Waals surface area (Å²) in [6.45, 7) is 6.05. The Hall–Kier alpha value is -5.61. The zero-order valence-corrected chi connectivity index (χ0v) is 31.9. The number of nitrogens with one attached hydrogen (secondary N) is 3. The second kappa shape index (κ2) is 16.2. The van der Waals surface area contributed by atoms with Gasteiger partial charge in [-0.3, -0.25) is 9.59 Å². The van der Waals surface area contributed by atoms with Gasteiger partial charge in [0.05, 0.1) is 28.4 Å². The molecular weight excluding hydrogens is 699 g/mol. The number of halogens is 3. The van der Waals surface area contributed by atoms with E-state index in [4.69, 9.17) is 5.73 Å². The third kappa shape index (κ3) is 9.30. The van der Waals surface area contributed by atoms with Crippen molar-refractivity contribution in [3.8, 4) is 11.3 Å². The molecule has 2 heterocycles. The van der Waals surface area contributed by atoms with Gasteiger partial charge in [0.15, 0.2) is 0 Å². The fourth-order valence-electron chi connectivity index (χ4n) is 6.30. The first kappa shape index (κ1) is 39.6. The molecule has 1 aliphatic rings. The molecular formula is C38H48F3N11O2. The van der Waals surface area contributed by atoms with E-state index in [1.54, 1.807) is 42.1 Å². The highest BCUT2D eigenvalue weighted by Gasteiger charge is 2.38. The van der Waals surface area contributed by atoms with Crippen molar-refractivity contribution >= 4 is 63.5 Å². The van der Waals surface area contributed by atoms with Gasteiger partial charge in [-0.05, 0) is 69.2 Å². The summed E-state index contributed by atoms with van der Waals surface area (Å²) < 4.78 is 45.3. The summed E-state index contributed by atoms with van der Waals surface area (Å²) in [5.74, 6) is -0.489. The number of alkyl halides is 3. The molecule has 0 fully saturated rings. The lowest BCUT2D eigenvalue weighted by atomic mass is 9.89. The number of carbonyl (C=O) groups excluding carboxylic acids is 2. The molecule has 13 nitrogen and oxygen atoms in total. The maximum Gasteiger partial charge on any atom is 0.419 e. The molecule has 0 aliphatic heterocycles. The van der Waals surface area contributed by atoms with Crippen LogP contribution < -0.4 is 31.5 Å². The molecule has 4 aromatic rings. The maximum absolute atomic E-state index is 14.5. The predicted molar refractivity (Wildman–Crippen MR) is 211 cm³/mol. The number of aromatic nitrogens is 3. The van der Waals surface area contributed by atoms with Crippen LogP contribution >= 0.6 is 0 Å². The minimum absolute atomic E-state index is 0.0237. The first-order valence-electron chi connectivity index (χ1n) is 17.4. The summed E-state index contributed by atoms with van der Waals surface area (Å²) in [7, 11) is 11.5. The molecule has 0 bridgehead atoms. The summed E-state index contributed by atoms with van der Waals surface area (Å²) in [4.78, 5) is 40.5. The summed E-state index contributed by atoms with van der Waals surface area (Å²) in [5, 5.41) is 8.73. The zero-order chi connectivity index (χ0) is 39.5. The highest BCUT2D eigenvalue weighted by Crippen LogP contribution is 2.45. The molecule has 288 valence electrons. The minimum atomic E-state index is -4.71. The highest BCUT2D eigenvalue weighted by molar-refractivity contribution is 6.02. The van der Waals surface area contributed by atoms with Crippen LogP contribution in [-0.2, 0) is 22.8 Å². The average molecular weight is 748 g/mol. The van der Waals surface area contributed by atoms with Crippen molar-refractivity contribution in [1.29, 1.82) is 0 Å². The van der Waals surface area contributed by atoms with Gasteiger partial charge in [0.25, 0.3) is 0 Å². The van der Waals surface area contributed by atoms with Crippen molar-refractivity contribution in [2.24, 2.45) is 7.05 Å². The lowest BCUT2D eigenvalue weighted by Gasteiger charge is -2.28. The Morgan fingerprint density at radius 3 is 2.09 bits per heavy atom. The van der Waals surface area contributed by atoms with E-state index >= 15 is 0 Å². The molecule has 16 heteroatoms. The minimum Gasteiger partial charge on any atom is -0.399 e. The van der Waals surface area contributed by atoms with Gasteiger partial charge in [0, 0.05) is 108 Å². The average Bonchev–Trinajstić information content (AvgIpc) is 3.33. The molecule has 0 saturated heterocycles. The number of likely N-dealkylation sites (N-methyl/N-ethyl adjacent to an activating group) is 4. The van der Waals surface area contributed by atoms with Gasteiger partial charge in [0.2, 0.25) is 17.8 Å². The number of nitrogen functional groups attached to an aromatic ring is 1. The first-order chi connectivity index (χ1) is 25.4. The third-order valence-corrected chi connectivity index (χ3v) is 9.07. The Balaban J connectivity index is 1.37. The van der Waals surface area contributed by atoms with E-state index in [9.17, 15) is 22.8 Å². The number of rotatable bonds is 15. The Morgan fingerprint density at radius 2 is 1.48 bits per heavy atom. The quantitative estimate of drug-likeness (QED) is 0.113. The predicted octanol–water partition coefficient (Wildman–Crippen LogP) is 5.66. The number of aryl methyl sites for hydroxylation is 1. The molecule has 0 spiro atoms. The van der Waals surface area contributed by atoms with E-state index in [1.165, 1.54) is 13.8 Å². The maximum atomic E-state index is 14.5. The number of carbonyl (C=O) groups is 2. The molecule has 2 aromatic heterocycles. The Morgan fingerprint density at radius 1 is 0.870 bits per heavy atom. The van der Waals surface area contributed by atoms with E-state index in [0.29, 0.717) is 60.1 Å². The van der Waals surface area contributed by atoms with Crippen LogP contribution in [0.4, 0.5) is 53.2 Å². The van der Waals surface area contributed by atoms with Crippen LogP contribution in [-0.4, -0.2) is 104 Å². The molecule has 0 saturated carbocycles. The fraction of sp³-hybridized carbons (Fsp3) is 0.368. The van der Waals surface area contributed by atoms with Crippen molar-refractivity contribution in [2.45, 2.75) is 20.0 Å². The standard InChI is InChI=1S/C38H48F3N11O2/c1-23(53)44-30-18-26(42)9-11-32(30)51(7)16-14-49(5)21-25-17-34-35(25)28(22-52(34)8)36-29(38(39,40)41)20-43-37(47-36)46-27-10-12-33(31(19-27)45-24(2)54)50(6)15-13-48(3)4/h9-12,17-20,22H,13-16,21,42H2,1-8H3,(H,44,53)(H,45,54)(H,43,46,47). The Bertz CT molecular complexity index is 2060. The van der Waals surface area contributed by atoms with Gasteiger partial charge >= 0.3 is 6.18 Å². The number of nitrogens with two attached hydrogens (primary N) is 1. The van der Waals surface area contributed by atoms with E-state index in [1.807, 2.05) is 63.2 Å². The van der Waals surface area contributed by atoms with E-state index in [-0.39, 0.29) is 23.5 Å². The van der Waals surface area contributed by atoms with Crippen LogP contribution in [0.25, 0.3) is 22.9 Å². The number of anilines is 7. The molecule has 0 atom stereocenters. The number of benzene rings is 2. The van der Waals surface area contributed by atoms with Gasteiger partial charge in [-0.25, -0.2) is 9.97 Å².